The summed E-state index contributed by atoms with van der Waals surface area (Å²) in [6.45, 7) is 11.4. The maximum absolute atomic E-state index is 12.5. The Morgan fingerprint density at radius 1 is 0.848 bits per heavy atom. The zero-order chi connectivity index (χ0) is 25.4. The first-order chi connectivity index (χ1) is 15.5. The molecule has 1 unspecified atom stereocenters. The summed E-state index contributed by atoms with van der Waals surface area (Å²) < 4.78 is 0. The molecule has 0 aromatic carbocycles. The fourth-order valence-electron chi connectivity index (χ4n) is 2.89. The van der Waals surface area contributed by atoms with Crippen LogP contribution in [0.1, 0.15) is 58.8 Å². The van der Waals surface area contributed by atoms with Crippen LogP contribution in [-0.2, 0) is 19.2 Å². The van der Waals surface area contributed by atoms with Crippen LogP contribution in [0, 0.1) is 0 Å². The molecule has 3 atom stereocenters. The minimum absolute atomic E-state index is 0.0521. The maximum atomic E-state index is 12.5. The average molecular weight is 480 g/mol. The molecule has 0 aliphatic rings. The third kappa shape index (κ3) is 14.8. The minimum atomic E-state index is -0.558. The van der Waals surface area contributed by atoms with Crippen molar-refractivity contribution >= 4 is 33.9 Å². The van der Waals surface area contributed by atoms with Gasteiger partial charge in [-0.05, 0) is 19.8 Å². The van der Waals surface area contributed by atoms with Gasteiger partial charge in [0.1, 0.15) is 0 Å². The quantitative estimate of drug-likeness (QED) is 0.111. The van der Waals surface area contributed by atoms with E-state index >= 15 is 0 Å². The van der Waals surface area contributed by atoms with E-state index in [9.17, 15) is 19.2 Å². The number of hydrogen-bond acceptors (Lipinski definition) is 6. The van der Waals surface area contributed by atoms with Gasteiger partial charge in [-0.2, -0.15) is 0 Å². The molecule has 0 aliphatic heterocycles. The van der Waals surface area contributed by atoms with Gasteiger partial charge in [0, 0.05) is 46.1 Å². The largest absolute Gasteiger partial charge is 0.380 e. The predicted molar refractivity (Wildman–Crippen MR) is 130 cm³/mol. The number of rotatable bonds is 19. The van der Waals surface area contributed by atoms with E-state index in [0.29, 0.717) is 17.8 Å². The SMILES string of the molecule is C=C(NCC(N)=O)C([Si])[C@H](CCC(N)=O)NC(=O)CNC(=C)[C@H](C)NC(=O)CCCCCC. The van der Waals surface area contributed by atoms with Gasteiger partial charge in [0.15, 0.2) is 0 Å². The standard InChI is InChI=1S/C22H39N6O4Si/c1-5-6-7-8-9-20(31)27-15(3)14(2)26-13-21(32)28-17(10-11-18(23)29)22(33)16(4)25-12-19(24)30/h15,17,22,25-26H,2,4-13H2,1,3H3,(H2,23,29)(H2,24,30)(H,27,31)(H,28,32)/t15-,17-,22?/m0/s1. The van der Waals surface area contributed by atoms with E-state index in [2.05, 4.69) is 51.6 Å². The number of amides is 4. The van der Waals surface area contributed by atoms with Crippen LogP contribution >= 0.6 is 0 Å². The topological polar surface area (TPSA) is 168 Å². The zero-order valence-electron chi connectivity index (χ0n) is 19.8. The first kappa shape index (κ1) is 30.2. The van der Waals surface area contributed by atoms with Crippen molar-refractivity contribution in [1.82, 2.24) is 21.3 Å². The second-order valence-corrected chi connectivity index (χ2v) is 8.60. The van der Waals surface area contributed by atoms with Crippen LogP contribution in [0.15, 0.2) is 24.6 Å². The lowest BCUT2D eigenvalue weighted by Crippen LogP contribution is -2.46. The minimum Gasteiger partial charge on any atom is -0.380 e. The number of unbranched alkanes of at least 4 members (excludes halogenated alkanes) is 3. The summed E-state index contributed by atoms with van der Waals surface area (Å²) in [7, 11) is 3.49. The van der Waals surface area contributed by atoms with Crippen LogP contribution in [0.25, 0.3) is 0 Å². The molecule has 0 aromatic rings. The highest BCUT2D eigenvalue weighted by atomic mass is 28.1. The van der Waals surface area contributed by atoms with Gasteiger partial charge in [-0.15, -0.1) is 0 Å². The second-order valence-electron chi connectivity index (χ2n) is 7.98. The zero-order valence-corrected chi connectivity index (χ0v) is 20.8. The molecule has 8 N–H and O–H groups in total. The number of nitrogens with one attached hydrogen (secondary N) is 4. The van der Waals surface area contributed by atoms with Crippen LogP contribution in [0.5, 0.6) is 0 Å². The molecule has 0 heterocycles. The van der Waals surface area contributed by atoms with Crippen molar-refractivity contribution in [3.63, 3.8) is 0 Å². The molecule has 0 aliphatic carbocycles. The molecular weight excluding hydrogens is 440 g/mol. The molecule has 3 radical (unpaired) electrons. The second kappa shape index (κ2) is 16.8. The highest BCUT2D eigenvalue weighted by molar-refractivity contribution is 6.14. The fraction of sp³-hybridized carbons (Fsp3) is 0.636. The van der Waals surface area contributed by atoms with E-state index < -0.39 is 23.4 Å². The third-order valence-corrected chi connectivity index (χ3v) is 5.70. The number of hydrogen-bond donors (Lipinski definition) is 6. The Balaban J connectivity index is 4.67. The van der Waals surface area contributed by atoms with Crippen LogP contribution in [0.2, 0.25) is 5.54 Å². The summed E-state index contributed by atoms with van der Waals surface area (Å²) in [6, 6.07) is -0.867. The summed E-state index contributed by atoms with van der Waals surface area (Å²) in [6.07, 6.45) is 4.85. The molecule has 0 saturated carbocycles. The Morgan fingerprint density at radius 2 is 1.48 bits per heavy atom. The van der Waals surface area contributed by atoms with E-state index in [0.717, 1.165) is 25.7 Å². The lowest BCUT2D eigenvalue weighted by atomic mass is 10.0. The molecule has 0 spiro atoms. The molecule has 11 heteroatoms. The van der Waals surface area contributed by atoms with Gasteiger partial charge < -0.3 is 32.7 Å². The number of carbonyl (C=O) groups excluding carboxylic acids is 4. The number of primary amides is 2. The van der Waals surface area contributed by atoms with Crippen LogP contribution in [0.4, 0.5) is 0 Å². The van der Waals surface area contributed by atoms with Crippen molar-refractivity contribution in [3.8, 4) is 0 Å². The predicted octanol–water partition coefficient (Wildman–Crippen LogP) is -0.139. The Labute approximate surface area is 200 Å². The van der Waals surface area contributed by atoms with Gasteiger partial charge in [0.25, 0.3) is 0 Å². The Morgan fingerprint density at radius 3 is 2.06 bits per heavy atom. The fourth-order valence-corrected chi connectivity index (χ4v) is 3.24. The van der Waals surface area contributed by atoms with Gasteiger partial charge >= 0.3 is 0 Å². The average Bonchev–Trinajstić information content (AvgIpc) is 2.75. The molecule has 0 rings (SSSR count). The molecule has 185 valence electrons. The van der Waals surface area contributed by atoms with Crippen molar-refractivity contribution in [1.29, 1.82) is 0 Å². The summed E-state index contributed by atoms with van der Waals surface area (Å²) in [4.78, 5) is 46.7. The number of carbonyl (C=O) groups is 4. The first-order valence-corrected chi connectivity index (χ1v) is 11.8. The van der Waals surface area contributed by atoms with Crippen molar-refractivity contribution in [2.75, 3.05) is 13.1 Å². The Kier molecular flexibility index (Phi) is 15.3. The molecule has 33 heavy (non-hydrogen) atoms. The highest BCUT2D eigenvalue weighted by Gasteiger charge is 2.23. The van der Waals surface area contributed by atoms with Gasteiger partial charge in [-0.3, -0.25) is 19.2 Å². The number of nitrogens with two attached hydrogens (primary N) is 2. The molecule has 0 fully saturated rings. The van der Waals surface area contributed by atoms with Gasteiger partial charge in [-0.1, -0.05) is 39.3 Å². The smallest absolute Gasteiger partial charge is 0.239 e. The van der Waals surface area contributed by atoms with Crippen molar-refractivity contribution in [2.24, 2.45) is 11.5 Å². The normalized spacial score (nSPS) is 13.2. The van der Waals surface area contributed by atoms with Crippen molar-refractivity contribution in [2.45, 2.75) is 76.4 Å². The summed E-state index contributed by atoms with van der Waals surface area (Å²) in [5.41, 5.74) is 10.8. The summed E-state index contributed by atoms with van der Waals surface area (Å²) in [5, 5.41) is 11.4. The Hall–Kier alpha value is -2.82. The summed E-state index contributed by atoms with van der Waals surface area (Å²) in [5.74, 6) is -1.47. The van der Waals surface area contributed by atoms with E-state index in [1.54, 1.807) is 6.92 Å². The molecule has 10 nitrogen and oxygen atoms in total. The van der Waals surface area contributed by atoms with Crippen molar-refractivity contribution in [3.05, 3.63) is 24.6 Å². The van der Waals surface area contributed by atoms with Crippen LogP contribution in [0.3, 0.4) is 0 Å². The Bertz CT molecular complexity index is 700. The third-order valence-electron chi connectivity index (χ3n) is 4.95. The van der Waals surface area contributed by atoms with E-state index in [1.807, 2.05) is 0 Å². The lowest BCUT2D eigenvalue weighted by molar-refractivity contribution is -0.122. The monoisotopic (exact) mass is 479 g/mol. The summed E-state index contributed by atoms with van der Waals surface area (Å²) >= 11 is 0. The molecular formula is C22H39N6O4Si. The van der Waals surface area contributed by atoms with Crippen LogP contribution in [-0.4, -0.2) is 59.0 Å². The van der Waals surface area contributed by atoms with Crippen molar-refractivity contribution < 1.29 is 19.2 Å². The lowest BCUT2D eigenvalue weighted by Gasteiger charge is -2.27. The van der Waals surface area contributed by atoms with Gasteiger partial charge in [-0.25, -0.2) is 0 Å². The highest BCUT2D eigenvalue weighted by Crippen LogP contribution is 2.18. The van der Waals surface area contributed by atoms with E-state index in [1.165, 1.54) is 0 Å². The van der Waals surface area contributed by atoms with Gasteiger partial charge in [0.05, 0.1) is 19.1 Å². The maximum Gasteiger partial charge on any atom is 0.239 e. The van der Waals surface area contributed by atoms with Gasteiger partial charge in [0.2, 0.25) is 23.6 Å². The molecule has 0 bridgehead atoms. The first-order valence-electron chi connectivity index (χ1n) is 11.2. The molecule has 0 saturated heterocycles. The van der Waals surface area contributed by atoms with E-state index in [-0.39, 0.29) is 43.8 Å². The van der Waals surface area contributed by atoms with Crippen LogP contribution < -0.4 is 32.7 Å². The van der Waals surface area contributed by atoms with E-state index in [4.69, 9.17) is 11.5 Å². The molecule has 4 amide bonds. The molecule has 0 aromatic heterocycles.